The number of aryl methyl sites for hydroxylation is 1. The maximum atomic E-state index is 12.4. The van der Waals surface area contributed by atoms with Crippen LogP contribution >= 0.6 is 11.6 Å². The number of halogens is 1. The first-order chi connectivity index (χ1) is 14.2. The number of furan rings is 1. The molecule has 1 amide bonds. The number of hydrogen-bond acceptors (Lipinski definition) is 5. The van der Waals surface area contributed by atoms with Gasteiger partial charge >= 0.3 is 0 Å². The van der Waals surface area contributed by atoms with Crippen molar-refractivity contribution in [3.63, 3.8) is 0 Å². The number of benzene rings is 1. The van der Waals surface area contributed by atoms with Crippen LogP contribution in [0.1, 0.15) is 37.0 Å². The number of carbonyl (C=O) groups excluding carboxylic acids is 1. The zero-order valence-electron chi connectivity index (χ0n) is 16.1. The van der Waals surface area contributed by atoms with Gasteiger partial charge in [-0.1, -0.05) is 11.6 Å². The van der Waals surface area contributed by atoms with E-state index in [0.717, 1.165) is 24.4 Å². The summed E-state index contributed by atoms with van der Waals surface area (Å²) in [6, 6.07) is 11.3. The zero-order valence-corrected chi connectivity index (χ0v) is 16.9. The molecule has 1 aliphatic heterocycles. The van der Waals surface area contributed by atoms with Crippen molar-refractivity contribution >= 4 is 17.5 Å². The van der Waals surface area contributed by atoms with Crippen LogP contribution in [-0.2, 0) is 11.2 Å². The average molecular weight is 414 g/mol. The number of likely N-dealkylation sites (tertiary alicyclic amines) is 1. The number of aromatic nitrogens is 1. The van der Waals surface area contributed by atoms with Crippen molar-refractivity contribution in [3.05, 3.63) is 65.5 Å². The van der Waals surface area contributed by atoms with Crippen molar-refractivity contribution in [1.29, 1.82) is 0 Å². The normalized spacial score (nSPS) is 15.5. The van der Waals surface area contributed by atoms with Gasteiger partial charge in [0.2, 0.25) is 5.91 Å². The van der Waals surface area contributed by atoms with Gasteiger partial charge in [-0.25, -0.2) is 4.98 Å². The van der Waals surface area contributed by atoms with Gasteiger partial charge in [-0.15, -0.1) is 0 Å². The Kier molecular flexibility index (Phi) is 6.32. The lowest BCUT2D eigenvalue weighted by Gasteiger charge is -2.25. The summed E-state index contributed by atoms with van der Waals surface area (Å²) in [7, 11) is 0. The monoisotopic (exact) mass is 413 g/mol. The Bertz CT molecular complexity index is 915. The number of amides is 1. The van der Waals surface area contributed by atoms with E-state index in [1.54, 1.807) is 12.5 Å². The summed E-state index contributed by atoms with van der Waals surface area (Å²) in [5, 5.41) is 3.71. The first-order valence-electron chi connectivity index (χ1n) is 9.94. The number of nitrogens with zero attached hydrogens (tertiary/aromatic N) is 2. The van der Waals surface area contributed by atoms with Gasteiger partial charge in [-0.05, 0) is 62.3 Å². The summed E-state index contributed by atoms with van der Waals surface area (Å²) < 4.78 is 11.4. The fraction of sp³-hybridized carbons (Fsp3) is 0.364. The lowest BCUT2D eigenvalue weighted by molar-refractivity contribution is -0.121. The van der Waals surface area contributed by atoms with Crippen LogP contribution < -0.4 is 5.32 Å². The highest BCUT2D eigenvalue weighted by molar-refractivity contribution is 6.30. The van der Waals surface area contributed by atoms with Crippen LogP contribution in [-0.4, -0.2) is 35.4 Å². The Morgan fingerprint density at radius 2 is 2.00 bits per heavy atom. The Labute approximate surface area is 174 Å². The molecule has 1 aliphatic rings. The maximum Gasteiger partial charge on any atom is 0.220 e. The van der Waals surface area contributed by atoms with E-state index in [1.807, 2.05) is 36.4 Å². The molecule has 1 aromatic carbocycles. The largest absolute Gasteiger partial charge is 0.468 e. The minimum absolute atomic E-state index is 0.0213. The second-order valence-electron chi connectivity index (χ2n) is 7.20. The van der Waals surface area contributed by atoms with E-state index in [2.05, 4.69) is 15.2 Å². The molecule has 3 aromatic rings. The summed E-state index contributed by atoms with van der Waals surface area (Å²) >= 11 is 5.92. The van der Waals surface area contributed by atoms with Gasteiger partial charge in [0, 0.05) is 30.0 Å². The van der Waals surface area contributed by atoms with E-state index in [9.17, 15) is 4.79 Å². The van der Waals surface area contributed by atoms with Crippen LogP contribution in [0.3, 0.4) is 0 Å². The fourth-order valence-corrected chi connectivity index (χ4v) is 3.76. The topological polar surface area (TPSA) is 71.5 Å². The second-order valence-corrected chi connectivity index (χ2v) is 7.64. The van der Waals surface area contributed by atoms with E-state index >= 15 is 0 Å². The molecule has 6 nitrogen and oxygen atoms in total. The van der Waals surface area contributed by atoms with E-state index in [-0.39, 0.29) is 11.9 Å². The van der Waals surface area contributed by atoms with Crippen LogP contribution in [0.25, 0.3) is 11.3 Å². The molecule has 1 atom stereocenters. The van der Waals surface area contributed by atoms with E-state index < -0.39 is 0 Å². The van der Waals surface area contributed by atoms with Crippen molar-refractivity contribution in [2.24, 2.45) is 0 Å². The molecule has 3 heterocycles. The highest BCUT2D eigenvalue weighted by atomic mass is 35.5. The van der Waals surface area contributed by atoms with Gasteiger partial charge in [0.05, 0.1) is 18.5 Å². The predicted octanol–water partition coefficient (Wildman–Crippen LogP) is 4.47. The number of rotatable bonds is 8. The summed E-state index contributed by atoms with van der Waals surface area (Å²) in [4.78, 5) is 19.0. The molecule has 29 heavy (non-hydrogen) atoms. The smallest absolute Gasteiger partial charge is 0.220 e. The van der Waals surface area contributed by atoms with Gasteiger partial charge < -0.3 is 14.2 Å². The molecule has 0 spiro atoms. The van der Waals surface area contributed by atoms with Crippen molar-refractivity contribution in [2.45, 2.75) is 31.7 Å². The Hall–Kier alpha value is -2.57. The predicted molar refractivity (Wildman–Crippen MR) is 111 cm³/mol. The van der Waals surface area contributed by atoms with Crippen LogP contribution in [0, 0.1) is 0 Å². The molecule has 0 radical (unpaired) electrons. The molecule has 1 saturated heterocycles. The first kappa shape index (κ1) is 19.7. The molecular weight excluding hydrogens is 390 g/mol. The van der Waals surface area contributed by atoms with E-state index in [4.69, 9.17) is 20.4 Å². The Morgan fingerprint density at radius 3 is 2.72 bits per heavy atom. The quantitative estimate of drug-likeness (QED) is 0.589. The maximum absolute atomic E-state index is 12.4. The molecule has 1 N–H and O–H groups in total. The summed E-state index contributed by atoms with van der Waals surface area (Å²) in [5.41, 5.74) is 0.907. The van der Waals surface area contributed by atoms with Crippen LogP contribution in [0.4, 0.5) is 0 Å². The molecule has 1 unspecified atom stereocenters. The van der Waals surface area contributed by atoms with Crippen molar-refractivity contribution in [1.82, 2.24) is 15.2 Å². The van der Waals surface area contributed by atoms with Gasteiger partial charge in [-0.3, -0.25) is 9.69 Å². The molecule has 2 aromatic heterocycles. The molecule has 0 aliphatic carbocycles. The third kappa shape index (κ3) is 5.08. The fourth-order valence-electron chi connectivity index (χ4n) is 3.64. The Balaban J connectivity index is 1.29. The van der Waals surface area contributed by atoms with Crippen molar-refractivity contribution in [2.75, 3.05) is 19.6 Å². The summed E-state index contributed by atoms with van der Waals surface area (Å²) in [6.45, 7) is 2.60. The molecule has 4 rings (SSSR count). The second kappa shape index (κ2) is 9.29. The van der Waals surface area contributed by atoms with Crippen LogP contribution in [0.15, 0.2) is 57.7 Å². The highest BCUT2D eigenvalue weighted by Crippen LogP contribution is 2.25. The zero-order chi connectivity index (χ0) is 20.1. The van der Waals surface area contributed by atoms with Crippen molar-refractivity contribution in [3.8, 4) is 11.3 Å². The van der Waals surface area contributed by atoms with E-state index in [0.29, 0.717) is 36.1 Å². The summed E-state index contributed by atoms with van der Waals surface area (Å²) in [5.74, 6) is 2.09. The number of hydrogen-bond donors (Lipinski definition) is 1. The average Bonchev–Trinajstić information content (AvgIpc) is 3.50. The third-order valence-electron chi connectivity index (χ3n) is 5.19. The SMILES string of the molecule is O=C(CCc1ncc(-c2ccc(Cl)cc2)o1)NCC(c1ccco1)N1CCCC1. The van der Waals surface area contributed by atoms with Gasteiger partial charge in [-0.2, -0.15) is 0 Å². The lowest BCUT2D eigenvalue weighted by Crippen LogP contribution is -2.36. The minimum Gasteiger partial charge on any atom is -0.468 e. The van der Waals surface area contributed by atoms with Crippen LogP contribution in [0.2, 0.25) is 5.02 Å². The van der Waals surface area contributed by atoms with Gasteiger partial charge in [0.15, 0.2) is 11.7 Å². The first-order valence-corrected chi connectivity index (χ1v) is 10.3. The summed E-state index contributed by atoms with van der Waals surface area (Å²) in [6.07, 6.45) is 6.51. The number of carbonyl (C=O) groups is 1. The Morgan fingerprint density at radius 1 is 1.21 bits per heavy atom. The molecule has 152 valence electrons. The third-order valence-corrected chi connectivity index (χ3v) is 5.45. The number of nitrogens with one attached hydrogen (secondary N) is 1. The molecular formula is C22H24ClN3O3. The van der Waals surface area contributed by atoms with Gasteiger partial charge in [0.1, 0.15) is 5.76 Å². The van der Waals surface area contributed by atoms with Gasteiger partial charge in [0.25, 0.3) is 0 Å². The molecule has 1 fully saturated rings. The molecule has 7 heteroatoms. The van der Waals surface area contributed by atoms with Crippen molar-refractivity contribution < 1.29 is 13.6 Å². The molecule has 0 bridgehead atoms. The highest BCUT2D eigenvalue weighted by Gasteiger charge is 2.25. The minimum atomic E-state index is -0.0213. The molecule has 0 saturated carbocycles. The standard InChI is InChI=1S/C22H24ClN3O3/c23-17-7-5-16(6-8-17)20-15-25-22(29-20)10-9-21(27)24-14-18(19-4-3-13-28-19)26-11-1-2-12-26/h3-8,13,15,18H,1-2,9-12,14H2,(H,24,27). The lowest BCUT2D eigenvalue weighted by atomic mass is 10.2. The van der Waals surface area contributed by atoms with Crippen LogP contribution in [0.5, 0.6) is 0 Å². The number of oxazole rings is 1. The van der Waals surface area contributed by atoms with E-state index in [1.165, 1.54) is 12.8 Å².